The zero-order valence-corrected chi connectivity index (χ0v) is 19.6. The summed E-state index contributed by atoms with van der Waals surface area (Å²) in [4.78, 5) is 32.5. The third-order valence-corrected chi connectivity index (χ3v) is 5.30. The van der Waals surface area contributed by atoms with Crippen LogP contribution in [0.25, 0.3) is 10.9 Å². The number of rotatable bonds is 5. The van der Waals surface area contributed by atoms with Gasteiger partial charge in [0.1, 0.15) is 12.4 Å². The Hall–Kier alpha value is -3.63. The molecule has 0 aliphatic heterocycles. The number of aliphatic hydroxyl groups excluding tert-OH is 1. The van der Waals surface area contributed by atoms with Crippen LogP contribution in [-0.2, 0) is 13.0 Å². The average molecular weight is 450 g/mol. The molecule has 1 heterocycles. The Kier molecular flexibility index (Phi) is 9.19. The van der Waals surface area contributed by atoms with Crippen molar-refractivity contribution in [1.29, 1.82) is 0 Å². The minimum atomic E-state index is -0.980. The Morgan fingerprint density at radius 2 is 1.88 bits per heavy atom. The quantitative estimate of drug-likeness (QED) is 0.502. The van der Waals surface area contributed by atoms with Gasteiger partial charge in [-0.1, -0.05) is 33.6 Å². The number of aromatic amines is 1. The summed E-state index contributed by atoms with van der Waals surface area (Å²) in [6.07, 6.45) is 7.24. The molecule has 0 saturated carbocycles. The van der Waals surface area contributed by atoms with E-state index in [1.165, 1.54) is 0 Å². The summed E-state index contributed by atoms with van der Waals surface area (Å²) >= 11 is 0. The van der Waals surface area contributed by atoms with E-state index in [4.69, 9.17) is 11.5 Å². The first kappa shape index (κ1) is 25.6. The first-order chi connectivity index (χ1) is 16.0. The Labute approximate surface area is 194 Å². The number of nitrogens with one attached hydrogen (secondary N) is 1. The van der Waals surface area contributed by atoms with E-state index in [1.807, 2.05) is 44.7 Å². The number of carboxylic acids is 1. The smallest absolute Gasteiger partial charge is 0.335 e. The highest BCUT2D eigenvalue weighted by Crippen LogP contribution is 2.39. The van der Waals surface area contributed by atoms with Crippen molar-refractivity contribution in [2.24, 2.45) is 0 Å². The number of aliphatic hydroxyl groups is 1. The summed E-state index contributed by atoms with van der Waals surface area (Å²) in [6.45, 7) is 8.03. The minimum absolute atomic E-state index is 0.0296. The lowest BCUT2D eigenvalue weighted by atomic mass is 10.0. The molecular weight excluding hydrogens is 418 g/mol. The van der Waals surface area contributed by atoms with Gasteiger partial charge in [0.15, 0.2) is 0 Å². The van der Waals surface area contributed by atoms with Gasteiger partial charge in [0.2, 0.25) is 0 Å². The largest absolute Gasteiger partial charge is 0.478 e. The molecule has 3 aromatic rings. The lowest BCUT2D eigenvalue weighted by Crippen LogP contribution is -2.28. The normalized spacial score (nSPS) is 13.6. The van der Waals surface area contributed by atoms with Crippen molar-refractivity contribution in [2.45, 2.75) is 53.2 Å². The molecule has 1 aromatic heterocycles. The number of nitrogens with zero attached hydrogens (tertiary/aromatic N) is 2. The molecule has 0 bridgehead atoms. The molecule has 7 heteroatoms. The molecule has 2 aromatic carbocycles. The van der Waals surface area contributed by atoms with Crippen molar-refractivity contribution in [2.75, 3.05) is 11.4 Å². The van der Waals surface area contributed by atoms with Crippen LogP contribution in [0, 0.1) is 12.3 Å². The molecule has 0 amide bonds. The molecule has 3 N–H and O–H groups in total. The summed E-state index contributed by atoms with van der Waals surface area (Å²) < 4.78 is 0. The number of aromatic nitrogens is 2. The van der Waals surface area contributed by atoms with Crippen LogP contribution in [0.4, 0.5) is 5.69 Å². The Balaban J connectivity index is 0.000000914. The summed E-state index contributed by atoms with van der Waals surface area (Å²) in [5.41, 5.74) is 3.42. The number of carbonyl (C=O) groups is 1. The summed E-state index contributed by atoms with van der Waals surface area (Å²) in [5, 5.41) is 18.9. The van der Waals surface area contributed by atoms with Crippen LogP contribution in [0.3, 0.4) is 0 Å². The third kappa shape index (κ3) is 5.41. The number of hydrogen-bond donors (Lipinski definition) is 3. The highest BCUT2D eigenvalue weighted by atomic mass is 16.4. The van der Waals surface area contributed by atoms with E-state index in [1.54, 1.807) is 24.3 Å². The molecule has 0 fully saturated rings. The first-order valence-electron chi connectivity index (χ1n) is 11.2. The molecule has 0 radical (unpaired) electrons. The molecule has 7 nitrogen and oxygen atoms in total. The third-order valence-electron chi connectivity index (χ3n) is 5.30. The molecule has 1 atom stereocenters. The number of anilines is 1. The van der Waals surface area contributed by atoms with Crippen LogP contribution in [0.15, 0.2) is 41.2 Å². The zero-order valence-electron chi connectivity index (χ0n) is 19.6. The monoisotopic (exact) mass is 449 g/mol. The molecule has 174 valence electrons. The second kappa shape index (κ2) is 11.8. The highest BCUT2D eigenvalue weighted by molar-refractivity contribution is 5.88. The molecule has 1 aliphatic carbocycles. The topological polar surface area (TPSA) is 107 Å². The van der Waals surface area contributed by atoms with Crippen molar-refractivity contribution >= 4 is 22.6 Å². The summed E-state index contributed by atoms with van der Waals surface area (Å²) in [5.74, 6) is 1.94. The molecule has 1 aliphatic rings. The van der Waals surface area contributed by atoms with Gasteiger partial charge in [-0.2, -0.15) is 0 Å². The number of benzene rings is 2. The number of H-pyrrole nitrogens is 1. The first-order valence-corrected chi connectivity index (χ1v) is 11.2. The van der Waals surface area contributed by atoms with Gasteiger partial charge in [0.25, 0.3) is 5.56 Å². The van der Waals surface area contributed by atoms with E-state index < -0.39 is 5.97 Å². The molecule has 0 spiro atoms. The van der Waals surface area contributed by atoms with Gasteiger partial charge in [0, 0.05) is 5.69 Å². The van der Waals surface area contributed by atoms with E-state index in [0.717, 1.165) is 29.7 Å². The molecular formula is C26H31N3O4. The van der Waals surface area contributed by atoms with Gasteiger partial charge in [-0.05, 0) is 60.4 Å². The lowest BCUT2D eigenvalue weighted by molar-refractivity contribution is 0.0697. The lowest BCUT2D eigenvalue weighted by Gasteiger charge is -2.30. The van der Waals surface area contributed by atoms with E-state index in [9.17, 15) is 14.7 Å². The van der Waals surface area contributed by atoms with Crippen LogP contribution < -0.4 is 10.5 Å². The second-order valence-electron chi connectivity index (χ2n) is 6.98. The minimum Gasteiger partial charge on any atom is -0.478 e. The summed E-state index contributed by atoms with van der Waals surface area (Å²) in [7, 11) is 0. The second-order valence-corrected chi connectivity index (χ2v) is 6.98. The maximum Gasteiger partial charge on any atom is 0.335 e. The van der Waals surface area contributed by atoms with Crippen molar-refractivity contribution in [3.63, 3.8) is 0 Å². The van der Waals surface area contributed by atoms with E-state index in [2.05, 4.69) is 15.9 Å². The predicted octanol–water partition coefficient (Wildman–Crippen LogP) is 4.29. The number of fused-ring (bicyclic) bond motifs is 2. The number of aryl methyl sites for hydroxylation is 1. The van der Waals surface area contributed by atoms with Crippen LogP contribution >= 0.6 is 0 Å². The van der Waals surface area contributed by atoms with Gasteiger partial charge in [-0.3, -0.25) is 4.79 Å². The Bertz CT molecular complexity index is 1190. The summed E-state index contributed by atoms with van der Waals surface area (Å²) in [6, 6.07) is 10.3. The fourth-order valence-corrected chi connectivity index (χ4v) is 3.94. The van der Waals surface area contributed by atoms with Crippen LogP contribution in [-0.4, -0.2) is 32.7 Å². The van der Waals surface area contributed by atoms with Crippen molar-refractivity contribution < 1.29 is 15.0 Å². The van der Waals surface area contributed by atoms with Crippen molar-refractivity contribution in [3.05, 3.63) is 69.3 Å². The fourth-order valence-electron chi connectivity index (χ4n) is 3.94. The number of hydrogen-bond acceptors (Lipinski definition) is 5. The van der Waals surface area contributed by atoms with E-state index >= 15 is 0 Å². The maximum absolute atomic E-state index is 12.4. The average Bonchev–Trinajstić information content (AvgIpc) is 3.26. The molecule has 33 heavy (non-hydrogen) atoms. The molecule has 0 saturated heterocycles. The van der Waals surface area contributed by atoms with Crippen molar-refractivity contribution in [3.8, 4) is 12.3 Å². The van der Waals surface area contributed by atoms with E-state index in [0.29, 0.717) is 17.4 Å². The predicted molar refractivity (Wildman–Crippen MR) is 132 cm³/mol. The van der Waals surface area contributed by atoms with Crippen LogP contribution in [0.1, 0.15) is 67.5 Å². The Morgan fingerprint density at radius 1 is 1.21 bits per heavy atom. The van der Waals surface area contributed by atoms with Crippen LogP contribution in [0.2, 0.25) is 0 Å². The highest BCUT2D eigenvalue weighted by Gasteiger charge is 2.29. The standard InChI is InChI=1S/C22H19N3O4.2C2H6/c1-2-9-25(15-6-3-13(4-7-15)22(28)29)19-8-5-14-10-18-17(11-16(14)19)21(27)24-20(12-26)23-18;2*1-2/h1,3-4,6-7,10-11,19,26H,5,8-9,12H2,(H,28,29)(H,23,24,27);2*1-2H3. The molecule has 1 unspecified atom stereocenters. The fraction of sp³-hybridized carbons (Fsp3) is 0.346. The number of aromatic carboxylic acids is 1. The van der Waals surface area contributed by atoms with Gasteiger partial charge >= 0.3 is 5.97 Å². The number of carboxylic acid groups (broad SMARTS) is 1. The SMILES string of the molecule is C#CCN(c1ccc(C(=O)O)cc1)C1CCc2cc3nc(CO)[nH]c(=O)c3cc21.CC.CC. The maximum atomic E-state index is 12.4. The van der Waals surface area contributed by atoms with Gasteiger partial charge in [-0.25, -0.2) is 9.78 Å². The Morgan fingerprint density at radius 3 is 2.45 bits per heavy atom. The van der Waals surface area contributed by atoms with Crippen molar-refractivity contribution in [1.82, 2.24) is 9.97 Å². The number of terminal acetylenes is 1. The van der Waals surface area contributed by atoms with Gasteiger partial charge < -0.3 is 20.1 Å². The van der Waals surface area contributed by atoms with E-state index in [-0.39, 0.29) is 29.6 Å². The van der Waals surface area contributed by atoms with Crippen LogP contribution in [0.5, 0.6) is 0 Å². The van der Waals surface area contributed by atoms with Gasteiger partial charge in [-0.15, -0.1) is 6.42 Å². The zero-order chi connectivity index (χ0) is 24.5. The molecule has 4 rings (SSSR count). The van der Waals surface area contributed by atoms with Gasteiger partial charge in [0.05, 0.1) is 29.1 Å².